The molecule has 4 rings (SSSR count). The molecule has 117 heavy (non-hydrogen) atoms. The van der Waals surface area contributed by atoms with Crippen molar-refractivity contribution in [2.75, 3.05) is 32.0 Å². The standard InChI is InChI=1S/C74H105N17O26/c1-5-37(2)17-10-8-6-7-9-11-23-56(95)83-47(27-40-33-78-44-21-15-13-18-41(40)44)69(111)87-48(29-55(77)94)70(112)89-51(32-62(104)105)71(113)91-63-39(4)117-74(116)52(28-54(93)42-19-12-14-20-43(42)76)90-67(109)46(24-25-59(98)99)85-72(114)53(36-92)84-58(97)34-79-65(107)49(30-60(100)101)86-64(106)38(3)81-68(110)50(31-61(102)103)88-66(108)45(22-16-26-75)82-57(96)35-80-73(63)115/h12-15,18-21,33,37-39,45-53,63,78,92H,5-11,16-17,22-32,34-36,75-76H2,1-4H3,(H2,77,94)(H,79,107)(H,80,115)(H,81,110)(H,82,96)(H,83,95)(H,84,97)(H,85,114)(H,86,106)(H,87,111)(H,88,108)(H,89,112)(H,90,109)(H,91,113)(H,98,99)(H,100,101)(H,102,103)(H,104,105). The maximum Gasteiger partial charge on any atom is 0.329 e. The predicted molar refractivity (Wildman–Crippen MR) is 409 cm³/mol. The van der Waals surface area contributed by atoms with Crippen LogP contribution >= 0.6 is 0 Å². The van der Waals surface area contributed by atoms with E-state index in [-0.39, 0.29) is 37.1 Å². The van der Waals surface area contributed by atoms with Crippen LogP contribution in [0.1, 0.15) is 159 Å². The van der Waals surface area contributed by atoms with E-state index in [1.165, 1.54) is 24.3 Å². The number of H-pyrrole nitrogens is 1. The smallest absolute Gasteiger partial charge is 0.329 e. The number of rotatable bonds is 37. The van der Waals surface area contributed by atoms with Crippen molar-refractivity contribution < 1.29 is 126 Å². The van der Waals surface area contributed by atoms with Crippen LogP contribution in [0.3, 0.4) is 0 Å². The first-order valence-corrected chi connectivity index (χ1v) is 37.8. The second kappa shape index (κ2) is 49.2. The number of carboxylic acids is 4. The molecular weight excluding hydrogens is 1540 g/mol. The van der Waals surface area contributed by atoms with Gasteiger partial charge in [-0.25, -0.2) is 4.79 Å². The SMILES string of the molecule is CCC(C)CCCCCCCCC(=O)NC(Cc1c[nH]c2ccccc12)C(=O)NC(CC(N)=O)C(=O)NC(CC(=O)O)C(=O)NC1C(=O)NCC(=O)NC(CCCN)C(=O)NC(CC(=O)O)C(=O)NC(C)C(=O)NC(CC(=O)O)C(=O)NCC(=O)NC(CO)C(=O)NC(CCC(=O)O)C(=O)NC(CC(=O)c2ccccc2N)C(=O)OC1C. The molecular formula is C74H105N17O26. The number of cyclic esters (lactones) is 1. The molecule has 2 heterocycles. The van der Waals surface area contributed by atoms with Gasteiger partial charge in [0, 0.05) is 54.0 Å². The van der Waals surface area contributed by atoms with Gasteiger partial charge in [-0.1, -0.05) is 89.1 Å². The van der Waals surface area contributed by atoms with Gasteiger partial charge in [-0.2, -0.15) is 0 Å². The second-order valence-electron chi connectivity index (χ2n) is 28.0. The number of para-hydroxylation sites is 2. The Bertz CT molecular complexity index is 4080. The van der Waals surface area contributed by atoms with E-state index >= 15 is 0 Å². The number of hydrogen-bond donors (Lipinski definition) is 22. The number of carboxylic acid groups (broad SMARTS) is 4. The first-order chi connectivity index (χ1) is 55.3. The summed E-state index contributed by atoms with van der Waals surface area (Å²) in [4.78, 5) is 276. The van der Waals surface area contributed by atoms with Crippen molar-refractivity contribution >= 4 is 135 Å². The summed E-state index contributed by atoms with van der Waals surface area (Å²) >= 11 is 0. The highest BCUT2D eigenvalue weighted by molar-refractivity contribution is 6.05. The number of aromatic amines is 1. The topological polar surface area (TPSA) is 702 Å². The van der Waals surface area contributed by atoms with Gasteiger partial charge in [-0.05, 0) is 75.8 Å². The summed E-state index contributed by atoms with van der Waals surface area (Å²) in [6.07, 6.45) is -1.98. The lowest BCUT2D eigenvalue weighted by molar-refractivity contribution is -0.156. The summed E-state index contributed by atoms with van der Waals surface area (Å²) in [5, 5.41) is 78.4. The van der Waals surface area contributed by atoms with E-state index in [9.17, 15) is 121 Å². The van der Waals surface area contributed by atoms with Crippen LogP contribution in [-0.4, -0.2) is 248 Å². The van der Waals surface area contributed by atoms with E-state index < -0.39 is 262 Å². The molecule has 642 valence electrons. The van der Waals surface area contributed by atoms with Gasteiger partial charge in [-0.3, -0.25) is 91.1 Å². The van der Waals surface area contributed by atoms with Crippen molar-refractivity contribution in [3.63, 3.8) is 0 Å². The van der Waals surface area contributed by atoms with E-state index in [0.29, 0.717) is 35.2 Å². The number of amides is 14. The summed E-state index contributed by atoms with van der Waals surface area (Å²) in [5.41, 5.74) is 18.1. The number of carbonyl (C=O) groups is 20. The average Bonchev–Trinajstić information content (AvgIpc) is 1.70. The molecule has 0 aliphatic carbocycles. The van der Waals surface area contributed by atoms with Gasteiger partial charge in [0.25, 0.3) is 0 Å². The number of hydrogen-bond acceptors (Lipinski definition) is 24. The quantitative estimate of drug-likeness (QED) is 0.0111. The number of esters is 1. The number of carbonyl (C=O) groups excluding carboxylic acids is 16. The first kappa shape index (κ1) is 96.7. The van der Waals surface area contributed by atoms with Crippen LogP contribution in [0.4, 0.5) is 5.69 Å². The third-order valence-electron chi connectivity index (χ3n) is 18.5. The number of aliphatic hydroxyl groups excluding tert-OH is 1. The Labute approximate surface area is 670 Å². The fraction of sp³-hybridized carbons (Fsp3) is 0.541. The van der Waals surface area contributed by atoms with E-state index in [1.807, 2.05) is 16.0 Å². The van der Waals surface area contributed by atoms with Gasteiger partial charge in [0.2, 0.25) is 82.7 Å². The Hall–Kier alpha value is -12.7. The van der Waals surface area contributed by atoms with Gasteiger partial charge in [0.05, 0.1) is 45.4 Å². The summed E-state index contributed by atoms with van der Waals surface area (Å²) in [5.74, 6) is -27.6. The fourth-order valence-corrected chi connectivity index (χ4v) is 11.9. The number of unbranched alkanes of at least 4 members (excludes halogenated alkanes) is 5. The normalized spacial score (nSPS) is 21.0. The van der Waals surface area contributed by atoms with E-state index in [0.717, 1.165) is 52.4 Å². The Morgan fingerprint density at radius 3 is 1.67 bits per heavy atom. The molecule has 1 aliphatic heterocycles. The number of nitrogens with one attached hydrogen (secondary N) is 14. The number of anilines is 1. The highest BCUT2D eigenvalue weighted by Gasteiger charge is 2.40. The summed E-state index contributed by atoms with van der Waals surface area (Å²) in [6.45, 7) is 2.28. The molecule has 2 aromatic carbocycles. The van der Waals surface area contributed by atoms with Crippen LogP contribution in [0.2, 0.25) is 0 Å². The Morgan fingerprint density at radius 2 is 1.07 bits per heavy atom. The molecule has 0 bridgehead atoms. The molecule has 13 atom stereocenters. The maximum atomic E-state index is 14.8. The minimum atomic E-state index is -2.45. The number of ether oxygens (including phenoxy) is 1. The lowest BCUT2D eigenvalue weighted by atomic mass is 9.99. The van der Waals surface area contributed by atoms with Crippen LogP contribution in [0.15, 0.2) is 54.7 Å². The number of Topliss-reactive ketones (excluding diaryl/α,β-unsaturated/α-hetero) is 1. The van der Waals surface area contributed by atoms with E-state index in [2.05, 4.69) is 72.0 Å². The van der Waals surface area contributed by atoms with Gasteiger partial charge in [0.1, 0.15) is 72.6 Å². The van der Waals surface area contributed by atoms with Gasteiger partial charge in [-0.15, -0.1) is 0 Å². The molecule has 0 radical (unpaired) electrons. The number of aromatic nitrogens is 1. The first-order valence-electron chi connectivity index (χ1n) is 37.8. The lowest BCUT2D eigenvalue weighted by Gasteiger charge is -2.29. The number of ketones is 1. The highest BCUT2D eigenvalue weighted by Crippen LogP contribution is 2.22. The molecule has 1 aliphatic rings. The van der Waals surface area contributed by atoms with Gasteiger partial charge < -0.3 is 122 Å². The maximum absolute atomic E-state index is 14.8. The number of aliphatic carboxylic acids is 4. The van der Waals surface area contributed by atoms with Crippen molar-refractivity contribution in [1.29, 1.82) is 0 Å². The minimum absolute atomic E-state index is 0.0188. The molecule has 43 nitrogen and oxygen atoms in total. The minimum Gasteiger partial charge on any atom is -0.481 e. The number of nitrogens with two attached hydrogens (primary N) is 3. The second-order valence-corrected chi connectivity index (χ2v) is 28.0. The highest BCUT2D eigenvalue weighted by atomic mass is 16.5. The van der Waals surface area contributed by atoms with Crippen LogP contribution in [0, 0.1) is 5.92 Å². The summed E-state index contributed by atoms with van der Waals surface area (Å²) < 4.78 is 5.66. The zero-order valence-corrected chi connectivity index (χ0v) is 65.0. The van der Waals surface area contributed by atoms with Crippen molar-refractivity contribution in [1.82, 2.24) is 74.1 Å². The van der Waals surface area contributed by atoms with Crippen LogP contribution < -0.4 is 86.3 Å². The molecule has 1 aromatic heterocycles. The number of fused-ring (bicyclic) bond motifs is 1. The fourth-order valence-electron chi connectivity index (χ4n) is 11.9. The Balaban J connectivity index is 1.84. The van der Waals surface area contributed by atoms with Crippen molar-refractivity contribution in [2.24, 2.45) is 17.4 Å². The molecule has 1 saturated heterocycles. The van der Waals surface area contributed by atoms with Crippen molar-refractivity contribution in [3.8, 4) is 0 Å². The van der Waals surface area contributed by atoms with Crippen molar-refractivity contribution in [3.05, 3.63) is 65.9 Å². The molecule has 0 saturated carbocycles. The third-order valence-corrected chi connectivity index (χ3v) is 18.5. The summed E-state index contributed by atoms with van der Waals surface area (Å²) in [6, 6.07) is -10.5. The molecule has 14 amide bonds. The van der Waals surface area contributed by atoms with Gasteiger partial charge in [0.15, 0.2) is 5.78 Å². The monoisotopic (exact) mass is 1650 g/mol. The molecule has 13 unspecified atom stereocenters. The Morgan fingerprint density at radius 1 is 0.538 bits per heavy atom. The lowest BCUT2D eigenvalue weighted by Crippen LogP contribution is -2.61. The molecule has 1 fully saturated rings. The molecule has 25 N–H and O–H groups in total. The van der Waals surface area contributed by atoms with Crippen molar-refractivity contribution in [2.45, 2.75) is 222 Å². The van der Waals surface area contributed by atoms with Crippen LogP contribution in [0.5, 0.6) is 0 Å². The van der Waals surface area contributed by atoms with E-state index in [4.69, 9.17) is 21.9 Å². The average molecular weight is 1650 g/mol. The van der Waals surface area contributed by atoms with Gasteiger partial charge >= 0.3 is 29.8 Å². The number of aliphatic hydroxyl groups is 1. The third kappa shape index (κ3) is 34.1. The van der Waals surface area contributed by atoms with Crippen LogP contribution in [-0.2, 0) is 102 Å². The molecule has 3 aromatic rings. The predicted octanol–water partition coefficient (Wildman–Crippen LogP) is -4.84. The largest absolute Gasteiger partial charge is 0.481 e. The molecule has 43 heteroatoms. The number of nitrogen functional groups attached to an aromatic ring is 1. The number of benzene rings is 2. The molecule has 0 spiro atoms. The zero-order valence-electron chi connectivity index (χ0n) is 65.0. The number of primary amides is 1. The van der Waals surface area contributed by atoms with E-state index in [1.54, 1.807) is 30.5 Å². The van der Waals surface area contributed by atoms with Crippen LogP contribution in [0.25, 0.3) is 10.9 Å². The zero-order chi connectivity index (χ0) is 87.2. The Kier molecular flexibility index (Phi) is 40.6. The summed E-state index contributed by atoms with van der Waals surface area (Å²) in [7, 11) is 0.